The third-order valence-corrected chi connectivity index (χ3v) is 2.56. The van der Waals surface area contributed by atoms with Crippen LogP contribution < -0.4 is 15.1 Å². The van der Waals surface area contributed by atoms with Gasteiger partial charge in [-0.3, -0.25) is 0 Å². The number of aromatic hydroxyl groups is 1. The summed E-state index contributed by atoms with van der Waals surface area (Å²) < 4.78 is 15.2. The lowest BCUT2D eigenvalue weighted by Gasteiger charge is -2.06. The van der Waals surface area contributed by atoms with E-state index >= 15 is 0 Å². The number of allylic oxidation sites excluding steroid dienone is 1. The van der Waals surface area contributed by atoms with Gasteiger partial charge in [0.25, 0.3) is 5.75 Å². The van der Waals surface area contributed by atoms with E-state index in [0.29, 0.717) is 11.1 Å². The highest BCUT2D eigenvalue weighted by molar-refractivity contribution is 5.86. The van der Waals surface area contributed by atoms with Gasteiger partial charge in [-0.25, -0.2) is 4.79 Å². The van der Waals surface area contributed by atoms with Gasteiger partial charge in [0.1, 0.15) is 11.3 Å². The summed E-state index contributed by atoms with van der Waals surface area (Å²) in [5, 5.41) is 10.4. The molecule has 1 aromatic carbocycles. The van der Waals surface area contributed by atoms with E-state index in [4.69, 9.17) is 13.9 Å². The molecule has 0 radical (unpaired) electrons. The fourth-order valence-electron chi connectivity index (χ4n) is 1.59. The van der Waals surface area contributed by atoms with Crippen LogP contribution in [0.5, 0.6) is 17.2 Å². The Bertz CT molecular complexity index is 669. The fourth-order valence-corrected chi connectivity index (χ4v) is 1.59. The minimum absolute atomic E-state index is 0.220. The smallest absolute Gasteiger partial charge is 0.383 e. The summed E-state index contributed by atoms with van der Waals surface area (Å²) in [6, 6.07) is 4.79. The zero-order chi connectivity index (χ0) is 13.8. The molecule has 0 saturated heterocycles. The van der Waals surface area contributed by atoms with Crippen LogP contribution in [-0.2, 0) is 0 Å². The normalized spacial score (nSPS) is 11.1. The van der Waals surface area contributed by atoms with Crippen molar-refractivity contribution in [3.05, 3.63) is 41.0 Å². The average Bonchev–Trinajstić information content (AvgIpc) is 2.41. The molecule has 0 fully saturated rings. The molecule has 0 unspecified atom stereocenters. The van der Waals surface area contributed by atoms with Crippen molar-refractivity contribution in [2.24, 2.45) is 0 Å². The van der Waals surface area contributed by atoms with Gasteiger partial charge in [-0.1, -0.05) is 6.92 Å². The van der Waals surface area contributed by atoms with Gasteiger partial charge in [0.15, 0.2) is 5.75 Å². The van der Waals surface area contributed by atoms with E-state index in [1.165, 1.54) is 19.4 Å². The van der Waals surface area contributed by atoms with Crippen molar-refractivity contribution < 1.29 is 19.0 Å². The molecular weight excluding hydrogens is 248 g/mol. The first kappa shape index (κ1) is 13.0. The molecule has 0 aliphatic carbocycles. The molecule has 0 atom stereocenters. The van der Waals surface area contributed by atoms with Gasteiger partial charge < -0.3 is 19.0 Å². The number of fused-ring (bicyclic) bond motifs is 1. The Morgan fingerprint density at radius 3 is 2.89 bits per heavy atom. The third kappa shape index (κ3) is 2.54. The Kier molecular flexibility index (Phi) is 3.75. The molecule has 100 valence electrons. The minimum Gasteiger partial charge on any atom is -0.504 e. The first-order valence-corrected chi connectivity index (χ1v) is 5.82. The maximum absolute atomic E-state index is 11.7. The second-order valence-electron chi connectivity index (χ2n) is 3.83. The van der Waals surface area contributed by atoms with Gasteiger partial charge in [0.05, 0.1) is 18.8 Å². The second kappa shape index (κ2) is 5.48. The van der Waals surface area contributed by atoms with Gasteiger partial charge in [-0.15, -0.1) is 0 Å². The predicted molar refractivity (Wildman–Crippen MR) is 70.8 cm³/mol. The van der Waals surface area contributed by atoms with Crippen LogP contribution in [0.25, 0.3) is 11.0 Å². The van der Waals surface area contributed by atoms with Crippen molar-refractivity contribution in [1.82, 2.24) is 0 Å². The maximum atomic E-state index is 11.7. The Balaban J connectivity index is 2.56. The topological polar surface area (TPSA) is 68.9 Å². The Morgan fingerprint density at radius 1 is 1.42 bits per heavy atom. The highest BCUT2D eigenvalue weighted by atomic mass is 16.5. The van der Waals surface area contributed by atoms with E-state index in [1.807, 2.05) is 6.92 Å². The van der Waals surface area contributed by atoms with Crippen molar-refractivity contribution in [3.63, 3.8) is 0 Å². The molecule has 5 nitrogen and oxygen atoms in total. The number of methoxy groups -OCH3 is 1. The molecular formula is C14H14O5. The summed E-state index contributed by atoms with van der Waals surface area (Å²) >= 11 is 0. The van der Waals surface area contributed by atoms with E-state index in [1.54, 1.807) is 18.2 Å². The van der Waals surface area contributed by atoms with Crippen molar-refractivity contribution in [3.8, 4) is 17.2 Å². The Hall–Kier alpha value is -2.43. The fraction of sp³-hybridized carbons (Fsp3) is 0.214. The maximum Gasteiger partial charge on any atom is 0.383 e. The van der Waals surface area contributed by atoms with E-state index < -0.39 is 5.63 Å². The molecule has 19 heavy (non-hydrogen) atoms. The Morgan fingerprint density at radius 2 is 2.21 bits per heavy atom. The van der Waals surface area contributed by atoms with Gasteiger partial charge in [0.2, 0.25) is 0 Å². The van der Waals surface area contributed by atoms with Crippen LogP contribution in [0.3, 0.4) is 0 Å². The number of hydrogen-bond donors (Lipinski definition) is 1. The summed E-state index contributed by atoms with van der Waals surface area (Å²) in [4.78, 5) is 11.7. The predicted octanol–water partition coefficient (Wildman–Crippen LogP) is 2.81. The molecule has 0 amide bonds. The van der Waals surface area contributed by atoms with Crippen LogP contribution in [0.2, 0.25) is 0 Å². The van der Waals surface area contributed by atoms with E-state index in [9.17, 15) is 9.90 Å². The lowest BCUT2D eigenvalue weighted by atomic mass is 10.2. The minimum atomic E-state index is -0.737. The molecule has 1 N–H and O–H groups in total. The Labute approximate surface area is 109 Å². The summed E-state index contributed by atoms with van der Waals surface area (Å²) in [5.41, 5.74) is -0.493. The molecule has 0 bridgehead atoms. The molecule has 2 aromatic rings. The molecule has 0 aliphatic heterocycles. The van der Waals surface area contributed by atoms with E-state index in [-0.39, 0.29) is 17.1 Å². The van der Waals surface area contributed by atoms with Crippen LogP contribution >= 0.6 is 0 Å². The summed E-state index contributed by atoms with van der Waals surface area (Å²) in [6.07, 6.45) is 3.83. The molecule has 2 rings (SSSR count). The number of benzene rings is 1. The molecule has 1 aromatic heterocycles. The standard InChI is InChI=1S/C14H14O5/c1-3-4-7-18-13-12(15)10-6-5-9(17-2)8-11(10)19-14(13)16/h4-8,15H,3H2,1-2H3/b7-4+. The zero-order valence-corrected chi connectivity index (χ0v) is 10.7. The zero-order valence-electron chi connectivity index (χ0n) is 10.7. The molecule has 5 heteroatoms. The molecule has 0 aliphatic rings. The lowest BCUT2D eigenvalue weighted by molar-refractivity contribution is 0.384. The van der Waals surface area contributed by atoms with Gasteiger partial charge in [0, 0.05) is 6.07 Å². The van der Waals surface area contributed by atoms with Crippen molar-refractivity contribution in [2.75, 3.05) is 7.11 Å². The number of hydrogen-bond acceptors (Lipinski definition) is 5. The van der Waals surface area contributed by atoms with Crippen LogP contribution in [0.1, 0.15) is 13.3 Å². The van der Waals surface area contributed by atoms with Crippen LogP contribution in [0, 0.1) is 0 Å². The van der Waals surface area contributed by atoms with Crippen LogP contribution in [-0.4, -0.2) is 12.2 Å². The number of ether oxygens (including phenoxy) is 2. The first-order chi connectivity index (χ1) is 9.17. The lowest BCUT2D eigenvalue weighted by Crippen LogP contribution is -2.03. The van der Waals surface area contributed by atoms with E-state index in [0.717, 1.165) is 6.42 Å². The van der Waals surface area contributed by atoms with E-state index in [2.05, 4.69) is 0 Å². The van der Waals surface area contributed by atoms with Gasteiger partial charge in [-0.05, 0) is 24.6 Å². The van der Waals surface area contributed by atoms with Crippen LogP contribution in [0.15, 0.2) is 39.7 Å². The van der Waals surface area contributed by atoms with Gasteiger partial charge in [-0.2, -0.15) is 0 Å². The van der Waals surface area contributed by atoms with Crippen molar-refractivity contribution in [2.45, 2.75) is 13.3 Å². The summed E-state index contributed by atoms with van der Waals surface area (Å²) in [6.45, 7) is 1.93. The first-order valence-electron chi connectivity index (χ1n) is 5.82. The van der Waals surface area contributed by atoms with Crippen molar-refractivity contribution in [1.29, 1.82) is 0 Å². The summed E-state index contributed by atoms with van der Waals surface area (Å²) in [7, 11) is 1.51. The largest absolute Gasteiger partial charge is 0.504 e. The SMILES string of the molecule is CC/C=C/Oc1c(O)c2ccc(OC)cc2oc1=O. The van der Waals surface area contributed by atoms with Gasteiger partial charge >= 0.3 is 5.63 Å². The average molecular weight is 262 g/mol. The molecule has 1 heterocycles. The number of rotatable bonds is 4. The van der Waals surface area contributed by atoms with Crippen LogP contribution in [0.4, 0.5) is 0 Å². The quantitative estimate of drug-likeness (QED) is 0.677. The monoisotopic (exact) mass is 262 g/mol. The summed E-state index contributed by atoms with van der Waals surface area (Å²) in [5.74, 6) is 0.0756. The third-order valence-electron chi connectivity index (χ3n) is 2.56. The van der Waals surface area contributed by atoms with Crippen molar-refractivity contribution >= 4 is 11.0 Å². The highest BCUT2D eigenvalue weighted by Gasteiger charge is 2.15. The molecule has 0 saturated carbocycles. The second-order valence-corrected chi connectivity index (χ2v) is 3.83. The highest BCUT2D eigenvalue weighted by Crippen LogP contribution is 2.33. The molecule has 0 spiro atoms.